The highest BCUT2D eigenvalue weighted by molar-refractivity contribution is 7.86. The van der Waals surface area contributed by atoms with E-state index in [0.717, 1.165) is 127 Å². The van der Waals surface area contributed by atoms with Crippen molar-refractivity contribution in [2.24, 2.45) is 0 Å². The lowest BCUT2D eigenvalue weighted by atomic mass is 9.77. The van der Waals surface area contributed by atoms with Gasteiger partial charge in [-0.05, 0) is 236 Å². The van der Waals surface area contributed by atoms with Gasteiger partial charge in [0.05, 0.1) is 54.1 Å². The van der Waals surface area contributed by atoms with E-state index in [4.69, 9.17) is 9.47 Å². The number of unbranched alkanes of at least 4 members (excludes halogenated alkanes) is 6. The van der Waals surface area contributed by atoms with Gasteiger partial charge in [0.15, 0.2) is 11.4 Å². The Bertz CT molecular complexity index is 5890. The third-order valence-corrected chi connectivity index (χ3v) is 26.6. The monoisotopic (exact) mass is 1720 g/mol. The molecule has 0 amide bonds. The number of rotatable bonds is 40. The molecule has 2 atom stereocenters. The standard InChI is InChI=1S/C47H54N2O10S2.C47H54N2O9S2/c1-46(2)42(49(29-12-5-8-19-44(51)52)41-27-21-34-20-26-37(61(56,57)58)33-38(34)45(41)46)17-6-4-7-18-43-47(3,28-11-13-32-60(53,54)55)39-15-9-10-16-40(39)48(43)30-14-31-59-36-24-22-35(50)23-25-36;1-46(2)42(49(30-15-6-11-24-44(50)51)41-28-26-35-25-27-37(60(55,56)57)34-38(35)45(41)46)22-9-5-10-23-43-47(3,29-14-16-33-59(52,53)54)39-20-12-13-21-40(39)48(43)31-17-32-58-36-18-7-4-8-19-36/h4,6-7,9-10,15-18,20-27,33H,5,8,11-14,19,28-32H2,1-3H3,(H3-,50,51,52,53,54,55,56,57,58);4-5,7-10,12-13,18-23,25-28,34H,6,11,14-17,24,29-33H2,1-3H3,(H2-,50,51,52,53,54,55,56,57). The number of aromatic hydroxyl groups is 1. The molecule has 0 saturated carbocycles. The number of ether oxygens (including phenoxy) is 2. The van der Waals surface area contributed by atoms with Gasteiger partial charge in [-0.2, -0.15) is 26.0 Å². The summed E-state index contributed by atoms with van der Waals surface area (Å²) in [7, 11) is -17.5. The molecule has 4 aliphatic rings. The highest BCUT2D eigenvalue weighted by Crippen LogP contribution is 2.53. The van der Waals surface area contributed by atoms with Gasteiger partial charge in [0.2, 0.25) is 11.4 Å². The van der Waals surface area contributed by atoms with E-state index in [9.17, 15) is 76.8 Å². The van der Waals surface area contributed by atoms with Crippen molar-refractivity contribution in [1.82, 2.24) is 0 Å². The van der Waals surface area contributed by atoms with Crippen LogP contribution < -0.4 is 19.3 Å². The molecule has 121 heavy (non-hydrogen) atoms. The lowest BCUT2D eigenvalue weighted by Crippen LogP contribution is -2.30. The fraction of sp³-hybridized carbons (Fsp3) is 0.362. The molecule has 4 heterocycles. The quantitative estimate of drug-likeness (QED) is 0.0103. The molecule has 0 radical (unpaired) electrons. The molecule has 8 aromatic carbocycles. The summed E-state index contributed by atoms with van der Waals surface area (Å²) in [6.45, 7) is 16.2. The van der Waals surface area contributed by atoms with E-state index >= 15 is 0 Å². The highest BCUT2D eigenvalue weighted by Gasteiger charge is 2.49. The average molecular weight is 1730 g/mol. The van der Waals surface area contributed by atoms with Gasteiger partial charge in [-0.15, -0.1) is 0 Å². The van der Waals surface area contributed by atoms with E-state index < -0.39 is 85.6 Å². The Morgan fingerprint density at radius 3 is 1.22 bits per heavy atom. The van der Waals surface area contributed by atoms with Crippen LogP contribution in [0.25, 0.3) is 21.5 Å². The minimum absolute atomic E-state index is 0.0963. The molecule has 0 bridgehead atoms. The summed E-state index contributed by atoms with van der Waals surface area (Å²) < 4.78 is 154. The summed E-state index contributed by atoms with van der Waals surface area (Å²) in [4.78, 5) is 26.6. The molecule has 0 aromatic heterocycles. The van der Waals surface area contributed by atoms with E-state index in [0.29, 0.717) is 90.1 Å². The summed E-state index contributed by atoms with van der Waals surface area (Å²) in [5, 5.41) is 31.1. The number of nitrogens with zero attached hydrogens (tertiary/aromatic N) is 4. The number of hydrogen-bond acceptors (Lipinski definition) is 17. The van der Waals surface area contributed by atoms with E-state index in [1.807, 2.05) is 115 Å². The molecule has 4 aliphatic heterocycles. The van der Waals surface area contributed by atoms with Gasteiger partial charge in [-0.25, -0.2) is 16.8 Å². The summed E-state index contributed by atoms with van der Waals surface area (Å²) >= 11 is 0. The molecule has 27 heteroatoms. The number of benzene rings is 8. The molecule has 12 rings (SSSR count). The van der Waals surface area contributed by atoms with Crippen LogP contribution >= 0.6 is 0 Å². The Morgan fingerprint density at radius 2 is 0.826 bits per heavy atom. The first-order valence-corrected chi connectivity index (χ1v) is 47.1. The third kappa shape index (κ3) is 22.5. The molecule has 5 N–H and O–H groups in total. The van der Waals surface area contributed by atoms with Crippen LogP contribution in [-0.4, -0.2) is 151 Å². The van der Waals surface area contributed by atoms with Crippen LogP contribution in [-0.2, 0) is 71.7 Å². The Hall–Kier alpha value is -10.4. The lowest BCUT2D eigenvalue weighted by Gasteiger charge is -2.30. The number of para-hydroxylation sites is 3. The zero-order valence-electron chi connectivity index (χ0n) is 69.2. The van der Waals surface area contributed by atoms with Gasteiger partial charge in [0.1, 0.15) is 30.3 Å². The first-order valence-electron chi connectivity index (χ1n) is 41.1. The molecular formula is C94H108N4O19S4. The number of phenolic OH excluding ortho intramolecular Hbond substituents is 1. The van der Waals surface area contributed by atoms with Gasteiger partial charge in [-0.1, -0.05) is 116 Å². The number of hydrogen-bond donors (Lipinski definition) is 5. The molecule has 8 aromatic rings. The minimum Gasteiger partial charge on any atom is -0.748 e. The molecular weight excluding hydrogens is 1620 g/mol. The largest absolute Gasteiger partial charge is 0.748 e. The number of allylic oxidation sites excluding steroid dienone is 12. The number of carboxylic acid groups (broad SMARTS) is 2. The van der Waals surface area contributed by atoms with Crippen LogP contribution in [0.4, 0.5) is 22.7 Å². The molecule has 0 saturated heterocycles. The van der Waals surface area contributed by atoms with E-state index in [1.54, 1.807) is 36.4 Å². The third-order valence-electron chi connectivity index (χ3n) is 23.3. The zero-order valence-corrected chi connectivity index (χ0v) is 72.5. The van der Waals surface area contributed by atoms with Crippen LogP contribution in [0.3, 0.4) is 0 Å². The van der Waals surface area contributed by atoms with Crippen molar-refractivity contribution >= 4 is 108 Å². The first kappa shape index (κ1) is 91.4. The summed E-state index contributed by atoms with van der Waals surface area (Å²) in [6, 6.07) is 49.9. The summed E-state index contributed by atoms with van der Waals surface area (Å²) in [5.74, 6) is -0.839. The normalized spacial score (nSPS) is 18.2. The van der Waals surface area contributed by atoms with Crippen molar-refractivity contribution in [3.63, 3.8) is 0 Å². The van der Waals surface area contributed by atoms with Gasteiger partial charge >= 0.3 is 11.9 Å². The van der Waals surface area contributed by atoms with Crippen molar-refractivity contribution in [2.45, 2.75) is 176 Å². The lowest BCUT2D eigenvalue weighted by molar-refractivity contribution is -0.438. The molecule has 642 valence electrons. The second-order valence-electron chi connectivity index (χ2n) is 32.6. The van der Waals surface area contributed by atoms with Crippen molar-refractivity contribution < 1.29 is 95.4 Å². The maximum absolute atomic E-state index is 12.2. The van der Waals surface area contributed by atoms with Crippen LogP contribution in [0.1, 0.15) is 167 Å². The van der Waals surface area contributed by atoms with Crippen molar-refractivity contribution in [3.05, 3.63) is 258 Å². The minimum atomic E-state index is -4.44. The Morgan fingerprint density at radius 1 is 0.438 bits per heavy atom. The highest BCUT2D eigenvalue weighted by atomic mass is 32.2. The van der Waals surface area contributed by atoms with Gasteiger partial charge in [0, 0.05) is 119 Å². The van der Waals surface area contributed by atoms with Crippen LogP contribution in [0.5, 0.6) is 17.2 Å². The zero-order chi connectivity index (χ0) is 87.1. The summed E-state index contributed by atoms with van der Waals surface area (Å²) in [5.41, 5.74) is 10.0. The number of anilines is 2. The fourth-order valence-electron chi connectivity index (χ4n) is 17.5. The maximum atomic E-state index is 12.2. The van der Waals surface area contributed by atoms with E-state index in [2.05, 4.69) is 109 Å². The second kappa shape index (κ2) is 39.2. The Balaban J connectivity index is 0.000000236. The molecule has 0 fully saturated rings. The van der Waals surface area contributed by atoms with Gasteiger partial charge < -0.3 is 43.7 Å². The number of fused-ring (bicyclic) bond motifs is 8. The smallest absolute Gasteiger partial charge is 0.303 e. The number of carbonyl (C=O) groups is 2. The van der Waals surface area contributed by atoms with E-state index in [-0.39, 0.29) is 41.2 Å². The average Bonchev–Trinajstić information content (AvgIpc) is 1.57. The van der Waals surface area contributed by atoms with Crippen molar-refractivity contribution in [2.75, 3.05) is 60.7 Å². The Kier molecular flexibility index (Phi) is 29.6. The van der Waals surface area contributed by atoms with Gasteiger partial charge in [0.25, 0.3) is 20.2 Å². The van der Waals surface area contributed by atoms with Crippen molar-refractivity contribution in [1.29, 1.82) is 0 Å². The first-order chi connectivity index (χ1) is 57.4. The van der Waals surface area contributed by atoms with Crippen LogP contribution in [0, 0.1) is 0 Å². The predicted octanol–water partition coefficient (Wildman–Crippen LogP) is 17.8. The van der Waals surface area contributed by atoms with Crippen LogP contribution in [0.15, 0.2) is 246 Å². The number of aliphatic carboxylic acids is 2. The number of phenols is 1. The van der Waals surface area contributed by atoms with Gasteiger partial charge in [-0.3, -0.25) is 18.7 Å². The molecule has 0 aliphatic carbocycles. The molecule has 2 unspecified atom stereocenters. The molecule has 0 spiro atoms. The summed E-state index contributed by atoms with van der Waals surface area (Å²) in [6.07, 6.45) is 28.7. The second-order valence-corrected chi connectivity index (χ2v) is 38.5. The molecule has 23 nitrogen and oxygen atoms in total. The van der Waals surface area contributed by atoms with Crippen LogP contribution in [0.2, 0.25) is 0 Å². The topological polar surface area (TPSA) is 349 Å². The van der Waals surface area contributed by atoms with E-state index in [1.165, 1.54) is 24.3 Å². The fourth-order valence-corrected chi connectivity index (χ4v) is 19.7. The van der Waals surface area contributed by atoms with Crippen molar-refractivity contribution in [3.8, 4) is 17.2 Å². The predicted molar refractivity (Wildman–Crippen MR) is 472 cm³/mol. The maximum Gasteiger partial charge on any atom is 0.303 e. The Labute approximate surface area is 710 Å². The number of carboxylic acids is 2. The SMILES string of the molecule is CC1(C)C(C=CC=CC=C2N(CCCOc3ccc(O)cc3)c3ccccc3C2(C)CCCCS(=O)(=O)[O-])=[N+](CCCCCC(=O)O)c2ccc3ccc(S(=O)(=O)O)cc3c21.CC1(C)C(C=CC=CC=C2N(CCCOc3ccccc3)c3ccccc3C2(C)CCCCS(=O)(=O)[O-])=[N+](CCCCCC(=O)O)c2ccc3ccc(S(=O)(=O)O)cc3c21.